The molecular formula is C13H19FN2O2S2. The average Bonchev–Trinajstić information content (AvgIpc) is 2.42. The lowest BCUT2D eigenvalue weighted by atomic mass is 9.96. The van der Waals surface area contributed by atoms with E-state index in [1.54, 1.807) is 0 Å². The van der Waals surface area contributed by atoms with Gasteiger partial charge in [-0.1, -0.05) is 0 Å². The first kappa shape index (κ1) is 15.6. The van der Waals surface area contributed by atoms with Crippen molar-refractivity contribution in [3.63, 3.8) is 0 Å². The Morgan fingerprint density at radius 1 is 1.30 bits per heavy atom. The van der Waals surface area contributed by atoms with Crippen molar-refractivity contribution in [2.75, 3.05) is 12.0 Å². The number of nitrogens with two attached hydrogens (primary N) is 1. The number of hydrogen-bond acceptors (Lipinski definition) is 4. The van der Waals surface area contributed by atoms with Gasteiger partial charge in [0.1, 0.15) is 5.82 Å². The van der Waals surface area contributed by atoms with E-state index < -0.39 is 15.8 Å². The topological polar surface area (TPSA) is 72.2 Å². The zero-order valence-corrected chi connectivity index (χ0v) is 12.9. The van der Waals surface area contributed by atoms with Crippen molar-refractivity contribution in [3.8, 4) is 0 Å². The fourth-order valence-corrected chi connectivity index (χ4v) is 4.48. The summed E-state index contributed by atoms with van der Waals surface area (Å²) in [5.41, 5.74) is 5.26. The molecule has 0 unspecified atom stereocenters. The molecule has 0 spiro atoms. The zero-order chi connectivity index (χ0) is 14.8. The lowest BCUT2D eigenvalue weighted by Gasteiger charge is -2.27. The van der Waals surface area contributed by atoms with Crippen molar-refractivity contribution >= 4 is 27.5 Å². The number of anilines is 1. The highest BCUT2D eigenvalue weighted by Gasteiger charge is 2.25. The largest absolute Gasteiger partial charge is 0.396 e. The molecule has 1 aromatic carbocycles. The summed E-state index contributed by atoms with van der Waals surface area (Å²) in [6.45, 7) is 0. The minimum Gasteiger partial charge on any atom is -0.396 e. The van der Waals surface area contributed by atoms with Gasteiger partial charge in [-0.05, 0) is 50.1 Å². The Morgan fingerprint density at radius 2 is 1.95 bits per heavy atom. The van der Waals surface area contributed by atoms with E-state index in [9.17, 15) is 12.8 Å². The van der Waals surface area contributed by atoms with Gasteiger partial charge in [0, 0.05) is 11.3 Å². The third-order valence-corrected chi connectivity index (χ3v) is 6.26. The van der Waals surface area contributed by atoms with Gasteiger partial charge in [0.25, 0.3) is 0 Å². The highest BCUT2D eigenvalue weighted by molar-refractivity contribution is 7.99. The van der Waals surface area contributed by atoms with Crippen LogP contribution in [0.15, 0.2) is 23.1 Å². The number of nitrogen functional groups attached to an aromatic ring is 1. The molecule has 0 radical (unpaired) electrons. The number of hydrogen-bond donors (Lipinski definition) is 2. The molecule has 1 aromatic rings. The fraction of sp³-hybridized carbons (Fsp3) is 0.538. The number of benzene rings is 1. The van der Waals surface area contributed by atoms with Crippen molar-refractivity contribution in [3.05, 3.63) is 24.0 Å². The minimum atomic E-state index is -3.63. The number of sulfonamides is 1. The molecule has 1 saturated carbocycles. The van der Waals surface area contributed by atoms with Crippen molar-refractivity contribution in [1.29, 1.82) is 0 Å². The van der Waals surface area contributed by atoms with Crippen LogP contribution in [-0.2, 0) is 10.0 Å². The van der Waals surface area contributed by atoms with E-state index in [2.05, 4.69) is 11.0 Å². The monoisotopic (exact) mass is 318 g/mol. The summed E-state index contributed by atoms with van der Waals surface area (Å²) in [4.78, 5) is 0.0170. The third kappa shape index (κ3) is 3.65. The summed E-state index contributed by atoms with van der Waals surface area (Å²) in [6.07, 6.45) is 5.78. The van der Waals surface area contributed by atoms with E-state index in [-0.39, 0.29) is 16.6 Å². The molecule has 0 bridgehead atoms. The van der Waals surface area contributed by atoms with E-state index in [1.165, 1.54) is 6.07 Å². The summed E-state index contributed by atoms with van der Waals surface area (Å²) in [5, 5.41) is 0.622. The summed E-state index contributed by atoms with van der Waals surface area (Å²) in [7, 11) is -3.63. The van der Waals surface area contributed by atoms with Crippen molar-refractivity contribution in [1.82, 2.24) is 4.72 Å². The maximum absolute atomic E-state index is 13.1. The second-order valence-electron chi connectivity index (χ2n) is 5.01. The Labute approximate surface area is 123 Å². The average molecular weight is 318 g/mol. The molecule has 3 N–H and O–H groups in total. The van der Waals surface area contributed by atoms with Gasteiger partial charge in [-0.3, -0.25) is 0 Å². The summed E-state index contributed by atoms with van der Waals surface area (Å²) >= 11 is 1.83. The molecular weight excluding hydrogens is 299 g/mol. The summed E-state index contributed by atoms with van der Waals surface area (Å²) in [5.74, 6) is -0.607. The Balaban J connectivity index is 2.06. The smallest absolute Gasteiger partial charge is 0.240 e. The highest BCUT2D eigenvalue weighted by atomic mass is 32.2. The molecule has 0 heterocycles. The minimum absolute atomic E-state index is 0.0170. The SMILES string of the molecule is CSC1CCC(NS(=O)(=O)c2ccc(F)c(N)c2)CC1. The molecule has 112 valence electrons. The first-order valence-electron chi connectivity index (χ1n) is 6.52. The van der Waals surface area contributed by atoms with Crippen LogP contribution in [0.2, 0.25) is 0 Å². The second-order valence-corrected chi connectivity index (χ2v) is 7.87. The summed E-state index contributed by atoms with van der Waals surface area (Å²) in [6, 6.07) is 3.43. The lowest BCUT2D eigenvalue weighted by molar-refractivity contribution is 0.420. The van der Waals surface area contributed by atoms with Gasteiger partial charge < -0.3 is 5.73 Å². The van der Waals surface area contributed by atoms with Crippen LogP contribution in [0.4, 0.5) is 10.1 Å². The lowest BCUT2D eigenvalue weighted by Crippen LogP contribution is -2.38. The number of rotatable bonds is 4. The van der Waals surface area contributed by atoms with Crippen LogP contribution in [0, 0.1) is 5.82 Å². The van der Waals surface area contributed by atoms with Crippen molar-refractivity contribution in [2.24, 2.45) is 0 Å². The predicted octanol–water partition coefficient (Wildman–Crippen LogP) is 2.36. The van der Waals surface area contributed by atoms with Crippen molar-refractivity contribution < 1.29 is 12.8 Å². The Hall–Kier alpha value is -0.790. The molecule has 0 saturated heterocycles. The molecule has 0 amide bonds. The summed E-state index contributed by atoms with van der Waals surface area (Å²) < 4.78 is 40.2. The van der Waals surface area contributed by atoms with Crippen LogP contribution in [-0.4, -0.2) is 26.0 Å². The van der Waals surface area contributed by atoms with E-state index in [1.807, 2.05) is 11.8 Å². The predicted molar refractivity (Wildman–Crippen MR) is 80.7 cm³/mol. The van der Waals surface area contributed by atoms with Gasteiger partial charge in [0.05, 0.1) is 10.6 Å². The first-order chi connectivity index (χ1) is 9.42. The van der Waals surface area contributed by atoms with E-state index >= 15 is 0 Å². The number of thioether (sulfide) groups is 1. The van der Waals surface area contributed by atoms with Crippen LogP contribution in [0.1, 0.15) is 25.7 Å². The Morgan fingerprint density at radius 3 is 2.50 bits per heavy atom. The van der Waals surface area contributed by atoms with Gasteiger partial charge >= 0.3 is 0 Å². The maximum Gasteiger partial charge on any atom is 0.240 e. The van der Waals surface area contributed by atoms with Crippen LogP contribution in [0.3, 0.4) is 0 Å². The molecule has 2 rings (SSSR count). The fourth-order valence-electron chi connectivity index (χ4n) is 2.39. The zero-order valence-electron chi connectivity index (χ0n) is 11.3. The number of halogens is 1. The van der Waals surface area contributed by atoms with Gasteiger partial charge in [0.2, 0.25) is 10.0 Å². The molecule has 1 aliphatic rings. The molecule has 1 fully saturated rings. The Kier molecular flexibility index (Phi) is 4.93. The van der Waals surface area contributed by atoms with E-state index in [0.29, 0.717) is 5.25 Å². The van der Waals surface area contributed by atoms with Crippen LogP contribution < -0.4 is 10.5 Å². The second kappa shape index (κ2) is 6.32. The van der Waals surface area contributed by atoms with E-state index in [4.69, 9.17) is 5.73 Å². The molecule has 20 heavy (non-hydrogen) atoms. The van der Waals surface area contributed by atoms with E-state index in [0.717, 1.165) is 37.8 Å². The van der Waals surface area contributed by atoms with Crippen molar-refractivity contribution in [2.45, 2.75) is 41.9 Å². The molecule has 4 nitrogen and oxygen atoms in total. The molecule has 0 atom stereocenters. The Bertz CT molecular complexity index is 570. The normalized spacial score (nSPS) is 23.7. The highest BCUT2D eigenvalue weighted by Crippen LogP contribution is 2.28. The molecule has 7 heteroatoms. The quantitative estimate of drug-likeness (QED) is 0.836. The number of nitrogens with one attached hydrogen (secondary N) is 1. The van der Waals surface area contributed by atoms with Gasteiger partial charge in [-0.25, -0.2) is 17.5 Å². The molecule has 1 aliphatic carbocycles. The molecule has 0 aliphatic heterocycles. The maximum atomic E-state index is 13.1. The van der Waals surface area contributed by atoms with Crippen LogP contribution in [0.5, 0.6) is 0 Å². The third-order valence-electron chi connectivity index (χ3n) is 3.61. The van der Waals surface area contributed by atoms with Crippen LogP contribution >= 0.6 is 11.8 Å². The van der Waals surface area contributed by atoms with Gasteiger partial charge in [-0.2, -0.15) is 11.8 Å². The first-order valence-corrected chi connectivity index (χ1v) is 9.29. The van der Waals surface area contributed by atoms with Gasteiger partial charge in [-0.15, -0.1) is 0 Å². The molecule has 0 aromatic heterocycles. The van der Waals surface area contributed by atoms with Gasteiger partial charge in [0.15, 0.2) is 0 Å². The standard InChI is InChI=1S/C13H19FN2O2S2/c1-19-10-4-2-9(3-5-10)16-20(17,18)11-6-7-12(14)13(15)8-11/h6-10,16H,2-5,15H2,1H3. The van der Waals surface area contributed by atoms with Crippen LogP contribution in [0.25, 0.3) is 0 Å².